The topological polar surface area (TPSA) is 61.8 Å². The first-order valence-corrected chi connectivity index (χ1v) is 12.5. The molecule has 7 nitrogen and oxygen atoms in total. The molecule has 4 rings (SSSR count). The van der Waals surface area contributed by atoms with Crippen LogP contribution in [0.25, 0.3) is 0 Å². The molecule has 2 heterocycles. The number of aliphatic imine (C=N–C) groups is 1. The van der Waals surface area contributed by atoms with Gasteiger partial charge >= 0.3 is 0 Å². The number of thioether (sulfide) groups is 1. The monoisotopic (exact) mass is 486 g/mol. The molecule has 0 amide bonds. The van der Waals surface area contributed by atoms with Gasteiger partial charge in [-0.25, -0.2) is 0 Å². The predicted molar refractivity (Wildman–Crippen MR) is 135 cm³/mol. The van der Waals surface area contributed by atoms with Crippen molar-refractivity contribution in [3.8, 4) is 11.5 Å². The molecule has 0 spiro atoms. The molecule has 2 aromatic carbocycles. The third-order valence-corrected chi connectivity index (χ3v) is 7.39. The summed E-state index contributed by atoms with van der Waals surface area (Å²) in [7, 11) is 7.35. The molecule has 0 N–H and O–H groups in total. The number of ether oxygens (including phenoxy) is 5. The Morgan fingerprint density at radius 3 is 1.85 bits per heavy atom. The molecule has 5 atom stereocenters. The SMILES string of the molecule is CCC1OC2SC(N(C)C)=NC2C(OCc2ccc(OC)cc2)C1OCc1ccc(OC)cc1. The van der Waals surface area contributed by atoms with Gasteiger partial charge < -0.3 is 28.6 Å². The van der Waals surface area contributed by atoms with Crippen LogP contribution in [0.4, 0.5) is 0 Å². The quantitative estimate of drug-likeness (QED) is 0.522. The first-order valence-electron chi connectivity index (χ1n) is 11.6. The van der Waals surface area contributed by atoms with Crippen molar-refractivity contribution in [3.05, 3.63) is 59.7 Å². The van der Waals surface area contributed by atoms with Crippen molar-refractivity contribution < 1.29 is 23.7 Å². The van der Waals surface area contributed by atoms with Gasteiger partial charge in [-0.3, -0.25) is 4.99 Å². The van der Waals surface area contributed by atoms with Crippen molar-refractivity contribution in [2.75, 3.05) is 28.3 Å². The van der Waals surface area contributed by atoms with Crippen LogP contribution in [0.1, 0.15) is 24.5 Å². The third kappa shape index (κ3) is 5.68. The number of amidine groups is 1. The lowest BCUT2D eigenvalue weighted by Gasteiger charge is -2.42. The summed E-state index contributed by atoms with van der Waals surface area (Å²) >= 11 is 1.66. The Labute approximate surface area is 206 Å². The first-order chi connectivity index (χ1) is 16.5. The maximum atomic E-state index is 6.55. The van der Waals surface area contributed by atoms with E-state index in [1.54, 1.807) is 26.0 Å². The molecule has 5 unspecified atom stereocenters. The Balaban J connectivity index is 1.53. The zero-order valence-electron chi connectivity index (χ0n) is 20.5. The van der Waals surface area contributed by atoms with Crippen molar-refractivity contribution in [1.29, 1.82) is 0 Å². The molecule has 184 valence electrons. The van der Waals surface area contributed by atoms with Crippen LogP contribution in [0, 0.1) is 0 Å². The summed E-state index contributed by atoms with van der Waals surface area (Å²) in [6.07, 6.45) is 0.285. The average Bonchev–Trinajstić information content (AvgIpc) is 3.31. The van der Waals surface area contributed by atoms with E-state index >= 15 is 0 Å². The van der Waals surface area contributed by atoms with Crippen LogP contribution >= 0.6 is 11.8 Å². The van der Waals surface area contributed by atoms with E-state index in [9.17, 15) is 0 Å². The zero-order chi connectivity index (χ0) is 24.1. The van der Waals surface area contributed by atoms with Gasteiger partial charge in [-0.15, -0.1) is 0 Å². The molecule has 8 heteroatoms. The molecule has 0 aliphatic carbocycles. The zero-order valence-corrected chi connectivity index (χ0v) is 21.3. The Morgan fingerprint density at radius 1 is 0.853 bits per heavy atom. The smallest absolute Gasteiger partial charge is 0.161 e. The second kappa shape index (κ2) is 11.4. The number of benzene rings is 2. The van der Waals surface area contributed by atoms with E-state index in [1.807, 2.05) is 67.5 Å². The summed E-state index contributed by atoms with van der Waals surface area (Å²) in [4.78, 5) is 7.00. The van der Waals surface area contributed by atoms with Gasteiger partial charge in [0.2, 0.25) is 0 Å². The summed E-state index contributed by atoms with van der Waals surface area (Å²) in [5, 5.41) is 0.957. The van der Waals surface area contributed by atoms with Gasteiger partial charge in [-0.2, -0.15) is 0 Å². The van der Waals surface area contributed by atoms with E-state index in [4.69, 9.17) is 28.7 Å². The number of hydrogen-bond acceptors (Lipinski definition) is 8. The molecule has 2 aromatic rings. The average molecular weight is 487 g/mol. The highest BCUT2D eigenvalue weighted by Gasteiger charge is 2.50. The maximum Gasteiger partial charge on any atom is 0.161 e. The van der Waals surface area contributed by atoms with Gasteiger partial charge in [0.05, 0.1) is 33.5 Å². The van der Waals surface area contributed by atoms with Crippen LogP contribution in [0.3, 0.4) is 0 Å². The van der Waals surface area contributed by atoms with E-state index in [0.29, 0.717) is 13.2 Å². The van der Waals surface area contributed by atoms with Gasteiger partial charge in [0.25, 0.3) is 0 Å². The lowest BCUT2D eigenvalue weighted by Crippen LogP contribution is -2.56. The van der Waals surface area contributed by atoms with Crippen LogP contribution in [0.2, 0.25) is 0 Å². The van der Waals surface area contributed by atoms with Gasteiger partial charge in [0, 0.05) is 14.1 Å². The normalized spacial score (nSPS) is 26.0. The minimum atomic E-state index is -0.238. The summed E-state index contributed by atoms with van der Waals surface area (Å²) in [6.45, 7) is 3.06. The summed E-state index contributed by atoms with van der Waals surface area (Å²) in [6, 6.07) is 15.8. The molecular formula is C26H34N2O5S. The minimum absolute atomic E-state index is 0.0791. The van der Waals surface area contributed by atoms with E-state index in [0.717, 1.165) is 34.2 Å². The predicted octanol–water partition coefficient (Wildman–Crippen LogP) is 4.34. The van der Waals surface area contributed by atoms with E-state index in [2.05, 4.69) is 6.92 Å². The van der Waals surface area contributed by atoms with Gasteiger partial charge in [0.1, 0.15) is 35.2 Å². The second-order valence-corrected chi connectivity index (χ2v) is 9.68. The highest BCUT2D eigenvalue weighted by atomic mass is 32.2. The van der Waals surface area contributed by atoms with Crippen LogP contribution < -0.4 is 9.47 Å². The molecule has 1 saturated heterocycles. The number of hydrogen-bond donors (Lipinski definition) is 0. The van der Waals surface area contributed by atoms with Gasteiger partial charge in [0.15, 0.2) is 5.17 Å². The Bertz CT molecular complexity index is 951. The molecule has 1 fully saturated rings. The molecule has 0 bridgehead atoms. The lowest BCUT2D eigenvalue weighted by atomic mass is 9.96. The molecule has 2 aliphatic heterocycles. The third-order valence-electron chi connectivity index (χ3n) is 6.08. The second-order valence-electron chi connectivity index (χ2n) is 8.61. The van der Waals surface area contributed by atoms with Crippen molar-refractivity contribution in [3.63, 3.8) is 0 Å². The molecule has 0 aromatic heterocycles. The van der Waals surface area contributed by atoms with Crippen LogP contribution in [0.5, 0.6) is 11.5 Å². The highest BCUT2D eigenvalue weighted by molar-refractivity contribution is 8.14. The van der Waals surface area contributed by atoms with E-state index in [-0.39, 0.29) is 29.8 Å². The van der Waals surface area contributed by atoms with Crippen molar-refractivity contribution in [2.45, 2.75) is 56.3 Å². The van der Waals surface area contributed by atoms with E-state index < -0.39 is 0 Å². The Hall–Kier alpha value is -2.26. The maximum absolute atomic E-state index is 6.55. The molecule has 0 radical (unpaired) electrons. The summed E-state index contributed by atoms with van der Waals surface area (Å²) < 4.78 is 30.1. The fourth-order valence-electron chi connectivity index (χ4n) is 4.16. The van der Waals surface area contributed by atoms with Crippen LogP contribution in [-0.2, 0) is 27.4 Å². The van der Waals surface area contributed by atoms with Crippen molar-refractivity contribution in [1.82, 2.24) is 4.90 Å². The van der Waals surface area contributed by atoms with Crippen molar-refractivity contribution >= 4 is 16.9 Å². The first kappa shape index (κ1) is 24.9. The lowest BCUT2D eigenvalue weighted by molar-refractivity contribution is -0.197. The standard InChI is InChI=1S/C26H34N2O5S/c1-6-21-23(31-15-17-7-11-19(29-4)12-8-17)24(22-25(33-21)34-26(27-22)28(2)3)32-16-18-9-13-20(30-5)14-10-18/h7-14,21-25H,6,15-16H2,1-5H3. The molecule has 34 heavy (non-hydrogen) atoms. The van der Waals surface area contributed by atoms with E-state index in [1.165, 1.54) is 0 Å². The summed E-state index contributed by atoms with van der Waals surface area (Å²) in [5.74, 6) is 1.65. The van der Waals surface area contributed by atoms with Gasteiger partial charge in [-0.05, 0) is 41.8 Å². The molecular weight excluding hydrogens is 452 g/mol. The highest BCUT2D eigenvalue weighted by Crippen LogP contribution is 2.40. The Morgan fingerprint density at radius 2 is 1.38 bits per heavy atom. The fourth-order valence-corrected chi connectivity index (χ4v) is 5.31. The minimum Gasteiger partial charge on any atom is -0.497 e. The number of methoxy groups -OCH3 is 2. The number of rotatable bonds is 9. The van der Waals surface area contributed by atoms with Crippen molar-refractivity contribution in [2.24, 2.45) is 4.99 Å². The van der Waals surface area contributed by atoms with Gasteiger partial charge in [-0.1, -0.05) is 43.0 Å². The fraction of sp³-hybridized carbons (Fsp3) is 0.500. The number of fused-ring (bicyclic) bond motifs is 1. The molecule has 0 saturated carbocycles. The molecule has 2 aliphatic rings. The summed E-state index contributed by atoms with van der Waals surface area (Å²) in [5.41, 5.74) is 2.07. The van der Waals surface area contributed by atoms with Crippen LogP contribution in [0.15, 0.2) is 53.5 Å². The van der Waals surface area contributed by atoms with Crippen LogP contribution in [-0.4, -0.2) is 68.2 Å². The Kier molecular flexibility index (Phi) is 8.37. The largest absolute Gasteiger partial charge is 0.497 e. The number of nitrogens with zero attached hydrogens (tertiary/aromatic N) is 2.